The quantitative estimate of drug-likeness (QED) is 0.296. The summed E-state index contributed by atoms with van der Waals surface area (Å²) in [6.07, 6.45) is 3.06. The van der Waals surface area contributed by atoms with E-state index in [9.17, 15) is 18.0 Å². The summed E-state index contributed by atoms with van der Waals surface area (Å²) in [7, 11) is 0. The van der Waals surface area contributed by atoms with E-state index in [1.54, 1.807) is 24.1 Å². The number of aromatic amines is 1. The number of ether oxygens (including phenoxy) is 1. The van der Waals surface area contributed by atoms with Crippen molar-refractivity contribution in [2.24, 2.45) is 5.92 Å². The first-order chi connectivity index (χ1) is 18.2. The smallest absolute Gasteiger partial charge is 0.309 e. The molecule has 4 rings (SSSR count). The molecule has 1 aliphatic heterocycles. The Morgan fingerprint density at radius 1 is 1.24 bits per heavy atom. The van der Waals surface area contributed by atoms with Crippen LogP contribution in [0.2, 0.25) is 5.02 Å². The van der Waals surface area contributed by atoms with Crippen LogP contribution >= 0.6 is 11.6 Å². The number of rotatable bonds is 13. The second-order valence-corrected chi connectivity index (χ2v) is 10.0. The molecule has 0 aliphatic carbocycles. The average molecular weight is 550 g/mol. The van der Waals surface area contributed by atoms with Crippen LogP contribution in [0.25, 0.3) is 11.1 Å². The number of likely N-dealkylation sites (tertiary alicyclic amines) is 1. The van der Waals surface area contributed by atoms with Crippen molar-refractivity contribution in [2.45, 2.75) is 44.7 Å². The first-order valence-electron chi connectivity index (χ1n) is 12.6. The maximum absolute atomic E-state index is 14.3. The van der Waals surface area contributed by atoms with E-state index in [-0.39, 0.29) is 37.5 Å². The minimum absolute atomic E-state index is 0.146. The summed E-state index contributed by atoms with van der Waals surface area (Å²) < 4.78 is 46.2. The van der Waals surface area contributed by atoms with Gasteiger partial charge < -0.3 is 10.1 Å². The first-order valence-corrected chi connectivity index (χ1v) is 13.0. The van der Waals surface area contributed by atoms with Crippen molar-refractivity contribution in [1.29, 1.82) is 0 Å². The molecule has 2 atom stereocenters. The van der Waals surface area contributed by atoms with Gasteiger partial charge in [0.25, 0.3) is 5.92 Å². The summed E-state index contributed by atoms with van der Waals surface area (Å²) in [4.78, 5) is 14.4. The lowest BCUT2D eigenvalue weighted by Crippen LogP contribution is -2.56. The molecule has 0 saturated carbocycles. The number of alkyl halides is 2. The topological polar surface area (TPSA) is 83.1 Å². The van der Waals surface area contributed by atoms with E-state index in [0.29, 0.717) is 48.5 Å². The van der Waals surface area contributed by atoms with Gasteiger partial charge in [-0.2, -0.15) is 15.4 Å². The van der Waals surface area contributed by atoms with E-state index in [1.807, 2.05) is 24.3 Å². The van der Waals surface area contributed by atoms with Crippen LogP contribution in [0.15, 0.2) is 48.7 Å². The Labute approximate surface area is 224 Å². The number of carbonyl (C=O) groups excluding carboxylic acids is 1. The number of benzene rings is 2. The Bertz CT molecular complexity index is 1190. The summed E-state index contributed by atoms with van der Waals surface area (Å²) in [5.41, 5.74) is 2.83. The molecular weight excluding hydrogens is 519 g/mol. The average Bonchev–Trinajstić information content (AvgIpc) is 3.39. The van der Waals surface area contributed by atoms with Crippen LogP contribution in [0.3, 0.4) is 0 Å². The largest absolute Gasteiger partial charge is 0.466 e. The zero-order valence-corrected chi connectivity index (χ0v) is 21.9. The molecule has 2 heterocycles. The zero-order chi connectivity index (χ0) is 27.1. The highest BCUT2D eigenvalue weighted by atomic mass is 35.5. The number of hydrogen-bond donors (Lipinski definition) is 2. The predicted octanol–water partition coefficient (Wildman–Crippen LogP) is 4.88. The zero-order valence-electron chi connectivity index (χ0n) is 21.1. The van der Waals surface area contributed by atoms with Gasteiger partial charge in [-0.15, -0.1) is 0 Å². The van der Waals surface area contributed by atoms with E-state index >= 15 is 0 Å². The van der Waals surface area contributed by atoms with Gasteiger partial charge in [0.2, 0.25) is 0 Å². The first kappa shape index (κ1) is 28.1. The highest BCUT2D eigenvalue weighted by Crippen LogP contribution is 2.29. The van der Waals surface area contributed by atoms with E-state index in [0.717, 1.165) is 11.3 Å². The van der Waals surface area contributed by atoms with Gasteiger partial charge in [0.1, 0.15) is 5.82 Å². The molecule has 0 bridgehead atoms. The molecular formula is C27H31ClF3N5O2. The van der Waals surface area contributed by atoms with Gasteiger partial charge >= 0.3 is 5.97 Å². The van der Waals surface area contributed by atoms with Crippen molar-refractivity contribution >= 4 is 17.6 Å². The molecule has 0 unspecified atom stereocenters. The van der Waals surface area contributed by atoms with Crippen LogP contribution in [0, 0.1) is 11.7 Å². The Morgan fingerprint density at radius 2 is 2.00 bits per heavy atom. The van der Waals surface area contributed by atoms with E-state index in [2.05, 4.69) is 20.7 Å². The molecule has 1 aromatic heterocycles. The summed E-state index contributed by atoms with van der Waals surface area (Å²) >= 11 is 6.05. The number of esters is 1. The van der Waals surface area contributed by atoms with Gasteiger partial charge in [0.15, 0.2) is 0 Å². The number of hydrogen-bond acceptors (Lipinski definition) is 6. The number of aromatic nitrogens is 3. The van der Waals surface area contributed by atoms with Crippen molar-refractivity contribution < 1.29 is 22.7 Å². The lowest BCUT2D eigenvalue weighted by Gasteiger charge is -2.39. The highest BCUT2D eigenvalue weighted by Gasteiger charge is 2.43. The third kappa shape index (κ3) is 7.78. The summed E-state index contributed by atoms with van der Waals surface area (Å²) in [5.74, 6) is -3.80. The van der Waals surface area contributed by atoms with Gasteiger partial charge in [0.05, 0.1) is 37.5 Å². The highest BCUT2D eigenvalue weighted by molar-refractivity contribution is 6.30. The van der Waals surface area contributed by atoms with Crippen molar-refractivity contribution in [1.82, 2.24) is 25.6 Å². The third-order valence-corrected chi connectivity index (χ3v) is 6.84. The molecule has 1 fully saturated rings. The number of nitrogens with zero attached hydrogens (tertiary/aromatic N) is 3. The minimum atomic E-state index is -2.65. The van der Waals surface area contributed by atoms with E-state index in [4.69, 9.17) is 16.3 Å². The summed E-state index contributed by atoms with van der Waals surface area (Å²) in [5, 5.41) is 14.4. The van der Waals surface area contributed by atoms with Crippen LogP contribution in [-0.2, 0) is 22.5 Å². The van der Waals surface area contributed by atoms with Gasteiger partial charge in [-0.3, -0.25) is 9.69 Å². The molecule has 11 heteroatoms. The molecule has 1 saturated heterocycles. The Morgan fingerprint density at radius 3 is 2.66 bits per heavy atom. The summed E-state index contributed by atoms with van der Waals surface area (Å²) in [6, 6.07) is 11.8. The normalized spacial score (nSPS) is 16.6. The second-order valence-electron chi connectivity index (χ2n) is 9.60. The fraction of sp³-hybridized carbons (Fsp3) is 0.444. The van der Waals surface area contributed by atoms with Gasteiger partial charge in [-0.25, -0.2) is 13.2 Å². The molecule has 2 N–H and O–H groups in total. The molecule has 2 aromatic carbocycles. The molecule has 7 nitrogen and oxygen atoms in total. The van der Waals surface area contributed by atoms with Crippen LogP contribution in [-0.4, -0.2) is 64.5 Å². The number of nitrogens with one attached hydrogen (secondary N) is 2. The molecule has 0 amide bonds. The van der Waals surface area contributed by atoms with Crippen molar-refractivity contribution in [3.05, 3.63) is 70.8 Å². The van der Waals surface area contributed by atoms with Crippen molar-refractivity contribution in [2.75, 3.05) is 26.2 Å². The monoisotopic (exact) mass is 549 g/mol. The van der Waals surface area contributed by atoms with Crippen LogP contribution in [0.5, 0.6) is 0 Å². The van der Waals surface area contributed by atoms with Crippen molar-refractivity contribution in [3.8, 4) is 11.1 Å². The van der Waals surface area contributed by atoms with Crippen LogP contribution in [0.4, 0.5) is 13.2 Å². The maximum atomic E-state index is 14.3. The predicted molar refractivity (Wildman–Crippen MR) is 138 cm³/mol. The Hall–Kier alpha value is -2.95. The van der Waals surface area contributed by atoms with Gasteiger partial charge in [-0.05, 0) is 62.1 Å². The maximum Gasteiger partial charge on any atom is 0.309 e. The lowest BCUT2D eigenvalue weighted by molar-refractivity contribution is -0.150. The Balaban J connectivity index is 1.46. The van der Waals surface area contributed by atoms with Crippen molar-refractivity contribution in [3.63, 3.8) is 0 Å². The lowest BCUT2D eigenvalue weighted by atomic mass is 9.91. The molecule has 204 valence electrons. The molecule has 0 spiro atoms. The third-order valence-electron chi connectivity index (χ3n) is 6.60. The molecule has 3 aromatic rings. The minimum Gasteiger partial charge on any atom is -0.466 e. The summed E-state index contributed by atoms with van der Waals surface area (Å²) in [6.45, 7) is 2.26. The van der Waals surface area contributed by atoms with E-state index in [1.165, 1.54) is 12.1 Å². The SMILES string of the molecule is CCOC(=O)[C@H](CCN1CC(F)(F)C1)C[C@@H](Cc1ccc(-c2cc(Cl)ccc2F)cc1)NCc1cn[nH]n1. The number of halogens is 4. The number of carbonyl (C=O) groups is 1. The second kappa shape index (κ2) is 12.7. The number of H-pyrrole nitrogens is 1. The Kier molecular flexibility index (Phi) is 9.40. The van der Waals surface area contributed by atoms with Gasteiger partial charge in [-0.1, -0.05) is 35.9 Å². The van der Waals surface area contributed by atoms with Crippen LogP contribution in [0.1, 0.15) is 31.0 Å². The molecule has 1 aliphatic rings. The molecule has 0 radical (unpaired) electrons. The van der Waals surface area contributed by atoms with E-state index < -0.39 is 11.8 Å². The fourth-order valence-electron chi connectivity index (χ4n) is 4.66. The molecule has 38 heavy (non-hydrogen) atoms. The van der Waals surface area contributed by atoms with Crippen LogP contribution < -0.4 is 5.32 Å². The standard InChI is InChI=1S/C27H31ClF3N5O2/c1-2-38-26(37)20(9-10-36-16-27(30,31)17-36)12-22(32-14-23-15-33-35-34-23)11-18-3-5-19(6-4-18)24-13-21(28)7-8-25(24)29/h3-8,13,15,20,22,32H,2,9-12,14,16-17H2,1H3,(H,33,34,35)/t20-,22-/m1/s1. The van der Waals surface area contributed by atoms with Gasteiger partial charge in [0, 0.05) is 23.2 Å². The fourth-order valence-corrected chi connectivity index (χ4v) is 4.83.